The Morgan fingerprint density at radius 3 is 2.53 bits per heavy atom. The molecule has 0 fully saturated rings. The van der Waals surface area contributed by atoms with E-state index in [4.69, 9.17) is 10.5 Å². The smallest absolute Gasteiger partial charge is 0.401 e. The van der Waals surface area contributed by atoms with Gasteiger partial charge in [0.1, 0.15) is 11.3 Å². The summed E-state index contributed by atoms with van der Waals surface area (Å²) in [4.78, 5) is 11.5. The first-order valence-corrected chi connectivity index (χ1v) is 5.45. The van der Waals surface area contributed by atoms with Crippen molar-refractivity contribution in [1.29, 1.82) is 0 Å². The van der Waals surface area contributed by atoms with Gasteiger partial charge in [-0.1, -0.05) is 12.1 Å². The lowest BCUT2D eigenvalue weighted by molar-refractivity contribution is -0.135. The molecule has 1 atom stereocenters. The first-order chi connectivity index (χ1) is 8.69. The third-order valence-electron chi connectivity index (χ3n) is 2.78. The van der Waals surface area contributed by atoms with Crippen LogP contribution in [0.5, 0.6) is 5.75 Å². The molecule has 0 bridgehead atoms. The normalized spacial score (nSPS) is 14.8. The molecule has 1 rings (SSSR count). The maximum atomic E-state index is 12.3. The number of hydrogen-bond acceptors (Lipinski definition) is 3. The van der Waals surface area contributed by atoms with Gasteiger partial charge in [-0.15, -0.1) is 0 Å². The number of halogens is 3. The van der Waals surface area contributed by atoms with Crippen LogP contribution in [0.3, 0.4) is 0 Å². The predicted octanol–water partition coefficient (Wildman–Crippen LogP) is 1.55. The van der Waals surface area contributed by atoms with Crippen LogP contribution in [0.4, 0.5) is 13.2 Å². The number of carbonyl (C=O) groups is 1. The summed E-state index contributed by atoms with van der Waals surface area (Å²) in [5.74, 6) is -0.469. The van der Waals surface area contributed by atoms with Crippen molar-refractivity contribution in [2.45, 2.75) is 18.6 Å². The second-order valence-electron chi connectivity index (χ2n) is 4.19. The van der Waals surface area contributed by atoms with Gasteiger partial charge in [0.2, 0.25) is 5.91 Å². The van der Waals surface area contributed by atoms with Crippen LogP contribution in [-0.4, -0.2) is 25.7 Å². The van der Waals surface area contributed by atoms with E-state index in [9.17, 15) is 18.0 Å². The third kappa shape index (κ3) is 3.85. The van der Waals surface area contributed by atoms with Crippen LogP contribution in [0, 0.1) is 0 Å². The number of methoxy groups -OCH3 is 1. The fourth-order valence-electron chi connectivity index (χ4n) is 1.54. The molecular weight excluding hydrogens is 261 g/mol. The van der Waals surface area contributed by atoms with Crippen LogP contribution < -0.4 is 15.8 Å². The number of rotatable bonds is 5. The molecule has 0 aliphatic rings. The van der Waals surface area contributed by atoms with Crippen molar-refractivity contribution < 1.29 is 22.7 Å². The molecule has 1 aromatic carbocycles. The highest BCUT2D eigenvalue weighted by atomic mass is 19.4. The van der Waals surface area contributed by atoms with E-state index in [2.05, 4.69) is 5.32 Å². The third-order valence-corrected chi connectivity index (χ3v) is 2.78. The quantitative estimate of drug-likeness (QED) is 0.857. The van der Waals surface area contributed by atoms with E-state index in [0.29, 0.717) is 11.3 Å². The molecule has 106 valence electrons. The number of carbonyl (C=O) groups excluding carboxylic acids is 1. The summed E-state index contributed by atoms with van der Waals surface area (Å²) in [6.45, 7) is -0.0144. The molecule has 19 heavy (non-hydrogen) atoms. The lowest BCUT2D eigenvalue weighted by atomic mass is 9.91. The van der Waals surface area contributed by atoms with Crippen LogP contribution in [0.2, 0.25) is 0 Å². The van der Waals surface area contributed by atoms with Gasteiger partial charge in [-0.05, 0) is 24.6 Å². The maximum Gasteiger partial charge on any atom is 0.401 e. The molecule has 0 aliphatic carbocycles. The standard InChI is InChI=1S/C12H15F3N2O2/c1-11(10(16)18,17-7-12(13,14)15)8-4-3-5-9(6-8)19-2/h3-6,17H,7H2,1-2H3,(H2,16,18). The Balaban J connectivity index is 3.07. The number of nitrogens with two attached hydrogens (primary N) is 1. The first kappa shape index (κ1) is 15.3. The number of primary amides is 1. The lowest BCUT2D eigenvalue weighted by Gasteiger charge is -2.29. The summed E-state index contributed by atoms with van der Waals surface area (Å²) >= 11 is 0. The van der Waals surface area contributed by atoms with E-state index in [1.165, 1.54) is 26.2 Å². The Hall–Kier alpha value is -1.76. The van der Waals surface area contributed by atoms with Crippen molar-refractivity contribution in [3.05, 3.63) is 29.8 Å². The zero-order valence-corrected chi connectivity index (χ0v) is 10.5. The van der Waals surface area contributed by atoms with Crippen LogP contribution in [0.15, 0.2) is 24.3 Å². The van der Waals surface area contributed by atoms with Crippen LogP contribution in [0.25, 0.3) is 0 Å². The maximum absolute atomic E-state index is 12.3. The molecule has 4 nitrogen and oxygen atoms in total. The summed E-state index contributed by atoms with van der Waals surface area (Å²) < 4.78 is 41.8. The molecule has 1 aromatic rings. The second-order valence-corrected chi connectivity index (χ2v) is 4.19. The SMILES string of the molecule is COc1cccc(C(C)(NCC(F)(F)F)C(N)=O)c1. The number of alkyl halides is 3. The summed E-state index contributed by atoms with van der Waals surface area (Å²) in [6.07, 6.45) is -4.43. The van der Waals surface area contributed by atoms with E-state index in [-0.39, 0.29) is 0 Å². The Labute approximate surface area is 108 Å². The molecule has 0 saturated carbocycles. The largest absolute Gasteiger partial charge is 0.497 e. The van der Waals surface area contributed by atoms with Crippen LogP contribution in [-0.2, 0) is 10.3 Å². The van der Waals surface area contributed by atoms with Crippen molar-refractivity contribution in [2.24, 2.45) is 5.73 Å². The van der Waals surface area contributed by atoms with Gasteiger partial charge in [-0.25, -0.2) is 0 Å². The zero-order chi connectivity index (χ0) is 14.7. The highest BCUT2D eigenvalue weighted by Crippen LogP contribution is 2.26. The molecule has 1 unspecified atom stereocenters. The minimum absolute atomic E-state index is 0.309. The molecule has 3 N–H and O–H groups in total. The van der Waals surface area contributed by atoms with E-state index in [1.807, 2.05) is 0 Å². The molecule has 0 spiro atoms. The highest BCUT2D eigenvalue weighted by Gasteiger charge is 2.38. The van der Waals surface area contributed by atoms with E-state index >= 15 is 0 Å². The van der Waals surface area contributed by atoms with Gasteiger partial charge in [-0.3, -0.25) is 10.1 Å². The van der Waals surface area contributed by atoms with Crippen molar-refractivity contribution in [1.82, 2.24) is 5.32 Å². The molecule has 1 amide bonds. The fraction of sp³-hybridized carbons (Fsp3) is 0.417. The van der Waals surface area contributed by atoms with Gasteiger partial charge in [0.15, 0.2) is 0 Å². The van der Waals surface area contributed by atoms with Gasteiger partial charge in [0.25, 0.3) is 0 Å². The van der Waals surface area contributed by atoms with Crippen molar-refractivity contribution in [3.8, 4) is 5.75 Å². The predicted molar refractivity (Wildman–Crippen MR) is 63.6 cm³/mol. The highest BCUT2D eigenvalue weighted by molar-refractivity contribution is 5.85. The second kappa shape index (κ2) is 5.48. The Morgan fingerprint density at radius 1 is 1.42 bits per heavy atom. The fourth-order valence-corrected chi connectivity index (χ4v) is 1.54. The van der Waals surface area contributed by atoms with Crippen LogP contribution >= 0.6 is 0 Å². The minimum Gasteiger partial charge on any atom is -0.497 e. The van der Waals surface area contributed by atoms with E-state index < -0.39 is 24.2 Å². The summed E-state index contributed by atoms with van der Waals surface area (Å²) in [6, 6.07) is 6.17. The van der Waals surface area contributed by atoms with Gasteiger partial charge in [0, 0.05) is 0 Å². The number of hydrogen-bond donors (Lipinski definition) is 2. The Morgan fingerprint density at radius 2 is 2.05 bits per heavy atom. The molecule has 0 radical (unpaired) electrons. The Bertz CT molecular complexity index is 463. The molecule has 0 aliphatic heterocycles. The average molecular weight is 276 g/mol. The van der Waals surface area contributed by atoms with Gasteiger partial charge in [0.05, 0.1) is 13.7 Å². The van der Waals surface area contributed by atoms with Gasteiger partial charge in [-0.2, -0.15) is 13.2 Å². The number of amides is 1. The Kier molecular flexibility index (Phi) is 4.41. The first-order valence-electron chi connectivity index (χ1n) is 5.45. The molecular formula is C12H15F3N2O2. The van der Waals surface area contributed by atoms with Gasteiger partial charge >= 0.3 is 6.18 Å². The molecule has 0 saturated heterocycles. The van der Waals surface area contributed by atoms with E-state index in [0.717, 1.165) is 0 Å². The number of nitrogens with one attached hydrogen (secondary N) is 1. The summed E-state index contributed by atoms with van der Waals surface area (Å²) in [7, 11) is 1.42. The van der Waals surface area contributed by atoms with Crippen LogP contribution in [0.1, 0.15) is 12.5 Å². The monoisotopic (exact) mass is 276 g/mol. The summed E-state index contributed by atoms with van der Waals surface area (Å²) in [5, 5.41) is 2.15. The number of benzene rings is 1. The molecule has 0 aromatic heterocycles. The lowest BCUT2D eigenvalue weighted by Crippen LogP contribution is -2.53. The van der Waals surface area contributed by atoms with Crippen molar-refractivity contribution in [2.75, 3.05) is 13.7 Å². The average Bonchev–Trinajstić information content (AvgIpc) is 2.34. The topological polar surface area (TPSA) is 64.3 Å². The van der Waals surface area contributed by atoms with Gasteiger partial charge < -0.3 is 10.5 Å². The van der Waals surface area contributed by atoms with Crippen molar-refractivity contribution >= 4 is 5.91 Å². The number of ether oxygens (including phenoxy) is 1. The molecule has 0 heterocycles. The summed E-state index contributed by atoms with van der Waals surface area (Å²) in [5.41, 5.74) is 3.90. The van der Waals surface area contributed by atoms with Crippen molar-refractivity contribution in [3.63, 3.8) is 0 Å². The zero-order valence-electron chi connectivity index (χ0n) is 10.5. The minimum atomic E-state index is -4.43. The van der Waals surface area contributed by atoms with E-state index in [1.54, 1.807) is 12.1 Å². The molecule has 7 heteroatoms.